The number of aromatic nitrogens is 1. The van der Waals surface area contributed by atoms with Crippen LogP contribution >= 0.6 is 0 Å². The molecule has 2 N–H and O–H groups in total. The Labute approximate surface area is 115 Å². The molecule has 0 aromatic carbocycles. The van der Waals surface area contributed by atoms with Gasteiger partial charge in [0, 0.05) is 38.4 Å². The maximum Gasteiger partial charge on any atom is 0.242 e. The first-order chi connectivity index (χ1) is 9.04. The van der Waals surface area contributed by atoms with Crippen molar-refractivity contribution in [2.75, 3.05) is 31.6 Å². The molecule has 1 rings (SSSR count). The van der Waals surface area contributed by atoms with Crippen LogP contribution in [0.2, 0.25) is 0 Å². The molecule has 1 heterocycles. The van der Waals surface area contributed by atoms with Gasteiger partial charge < -0.3 is 15.5 Å². The molecule has 0 aliphatic carbocycles. The van der Waals surface area contributed by atoms with Crippen molar-refractivity contribution in [2.45, 2.75) is 27.3 Å². The summed E-state index contributed by atoms with van der Waals surface area (Å²) in [7, 11) is 1.88. The lowest BCUT2D eigenvalue weighted by atomic mass is 10.1. The Kier molecular flexibility index (Phi) is 5.76. The van der Waals surface area contributed by atoms with Gasteiger partial charge in [0.25, 0.3) is 0 Å². The first kappa shape index (κ1) is 15.4. The van der Waals surface area contributed by atoms with Crippen LogP contribution in [-0.2, 0) is 11.3 Å². The number of nitrogens with zero attached hydrogens (tertiary/aromatic N) is 3. The molecule has 0 spiro atoms. The Morgan fingerprint density at radius 1 is 1.37 bits per heavy atom. The molecule has 0 aliphatic heterocycles. The zero-order valence-corrected chi connectivity index (χ0v) is 12.3. The standard InChI is InChI=1S/C14H24N4O/c1-5-18(6-2)13(19)10-17(4)14-12(9-15)11(3)7-8-16-14/h7-8H,5-6,9-10,15H2,1-4H3. The van der Waals surface area contributed by atoms with Gasteiger partial charge in [0.05, 0.1) is 6.54 Å². The maximum absolute atomic E-state index is 12.1. The summed E-state index contributed by atoms with van der Waals surface area (Å²) in [6.45, 7) is 8.19. The van der Waals surface area contributed by atoms with Gasteiger partial charge in [-0.1, -0.05) is 0 Å². The zero-order valence-electron chi connectivity index (χ0n) is 12.3. The summed E-state index contributed by atoms with van der Waals surface area (Å²) in [6, 6.07) is 1.94. The predicted octanol–water partition coefficient (Wildman–Crippen LogP) is 1.15. The highest BCUT2D eigenvalue weighted by Gasteiger charge is 2.16. The van der Waals surface area contributed by atoms with Gasteiger partial charge in [-0.25, -0.2) is 4.98 Å². The molecule has 1 aromatic heterocycles. The van der Waals surface area contributed by atoms with Crippen LogP contribution in [0.5, 0.6) is 0 Å². The summed E-state index contributed by atoms with van der Waals surface area (Å²) in [6.07, 6.45) is 1.75. The van der Waals surface area contributed by atoms with E-state index in [0.29, 0.717) is 13.1 Å². The fourth-order valence-corrected chi connectivity index (χ4v) is 2.11. The number of nitrogens with two attached hydrogens (primary N) is 1. The van der Waals surface area contributed by atoms with Crippen LogP contribution < -0.4 is 10.6 Å². The SMILES string of the molecule is CCN(CC)C(=O)CN(C)c1nccc(C)c1CN. The second-order valence-corrected chi connectivity index (χ2v) is 4.56. The van der Waals surface area contributed by atoms with Crippen LogP contribution in [0, 0.1) is 6.92 Å². The van der Waals surface area contributed by atoms with Gasteiger partial charge in [-0.3, -0.25) is 4.79 Å². The van der Waals surface area contributed by atoms with E-state index in [-0.39, 0.29) is 5.91 Å². The number of carbonyl (C=O) groups excluding carboxylic acids is 1. The topological polar surface area (TPSA) is 62.5 Å². The monoisotopic (exact) mass is 264 g/mol. The average Bonchev–Trinajstić information content (AvgIpc) is 2.39. The lowest BCUT2D eigenvalue weighted by Crippen LogP contribution is -2.39. The van der Waals surface area contributed by atoms with Crippen molar-refractivity contribution in [3.63, 3.8) is 0 Å². The third-order valence-electron chi connectivity index (χ3n) is 3.32. The van der Waals surface area contributed by atoms with Crippen LogP contribution in [0.4, 0.5) is 5.82 Å². The molecule has 0 aliphatic rings. The highest BCUT2D eigenvalue weighted by molar-refractivity contribution is 5.81. The smallest absolute Gasteiger partial charge is 0.242 e. The summed E-state index contributed by atoms with van der Waals surface area (Å²) in [4.78, 5) is 20.1. The van der Waals surface area contributed by atoms with Crippen LogP contribution in [-0.4, -0.2) is 42.5 Å². The van der Waals surface area contributed by atoms with Crippen LogP contribution in [0.25, 0.3) is 0 Å². The van der Waals surface area contributed by atoms with Crippen LogP contribution in [0.1, 0.15) is 25.0 Å². The highest BCUT2D eigenvalue weighted by atomic mass is 16.2. The molecule has 0 bridgehead atoms. The number of amides is 1. The van der Waals surface area contributed by atoms with E-state index >= 15 is 0 Å². The summed E-state index contributed by atoms with van der Waals surface area (Å²) >= 11 is 0. The largest absolute Gasteiger partial charge is 0.350 e. The molecule has 0 radical (unpaired) electrons. The lowest BCUT2D eigenvalue weighted by Gasteiger charge is -2.25. The normalized spacial score (nSPS) is 10.4. The van der Waals surface area contributed by atoms with Crippen LogP contribution in [0.15, 0.2) is 12.3 Å². The molecule has 0 saturated heterocycles. The number of anilines is 1. The van der Waals surface area contributed by atoms with E-state index in [0.717, 1.165) is 30.0 Å². The minimum Gasteiger partial charge on any atom is -0.350 e. The van der Waals surface area contributed by atoms with E-state index in [2.05, 4.69) is 4.98 Å². The van der Waals surface area contributed by atoms with Crippen molar-refractivity contribution in [1.29, 1.82) is 0 Å². The number of likely N-dealkylation sites (N-methyl/N-ethyl adjacent to an activating group) is 2. The molecule has 5 nitrogen and oxygen atoms in total. The van der Waals surface area contributed by atoms with Gasteiger partial charge >= 0.3 is 0 Å². The van der Waals surface area contributed by atoms with Crippen molar-refractivity contribution in [1.82, 2.24) is 9.88 Å². The Morgan fingerprint density at radius 3 is 2.53 bits per heavy atom. The van der Waals surface area contributed by atoms with Gasteiger partial charge in [0.2, 0.25) is 5.91 Å². The van der Waals surface area contributed by atoms with Gasteiger partial charge in [0.15, 0.2) is 0 Å². The third-order valence-corrected chi connectivity index (χ3v) is 3.32. The lowest BCUT2D eigenvalue weighted by molar-refractivity contribution is -0.129. The molecule has 0 saturated carbocycles. The van der Waals surface area contributed by atoms with Gasteiger partial charge in [0.1, 0.15) is 5.82 Å². The summed E-state index contributed by atoms with van der Waals surface area (Å²) in [5, 5.41) is 0. The quantitative estimate of drug-likeness (QED) is 0.837. The number of hydrogen-bond acceptors (Lipinski definition) is 4. The van der Waals surface area contributed by atoms with Crippen LogP contribution in [0.3, 0.4) is 0 Å². The van der Waals surface area contributed by atoms with Crippen molar-refractivity contribution in [3.8, 4) is 0 Å². The first-order valence-corrected chi connectivity index (χ1v) is 6.68. The van der Waals surface area contributed by atoms with Gasteiger partial charge in [-0.15, -0.1) is 0 Å². The average molecular weight is 264 g/mol. The summed E-state index contributed by atoms with van der Waals surface area (Å²) in [5.74, 6) is 0.904. The number of aryl methyl sites for hydroxylation is 1. The predicted molar refractivity (Wildman–Crippen MR) is 78.1 cm³/mol. The zero-order chi connectivity index (χ0) is 14.4. The third kappa shape index (κ3) is 3.67. The molecule has 19 heavy (non-hydrogen) atoms. The minimum absolute atomic E-state index is 0.110. The van der Waals surface area contributed by atoms with Crippen molar-refractivity contribution in [3.05, 3.63) is 23.4 Å². The van der Waals surface area contributed by atoms with E-state index in [9.17, 15) is 4.79 Å². The van der Waals surface area contributed by atoms with Crippen molar-refractivity contribution in [2.24, 2.45) is 5.73 Å². The van der Waals surface area contributed by atoms with Crippen molar-refractivity contribution >= 4 is 11.7 Å². The first-order valence-electron chi connectivity index (χ1n) is 6.68. The molecule has 1 aromatic rings. The number of carbonyl (C=O) groups is 1. The van der Waals surface area contributed by atoms with E-state index < -0.39 is 0 Å². The molecular formula is C14H24N4O. The molecule has 1 amide bonds. The Bertz CT molecular complexity index is 429. The molecule has 0 atom stereocenters. The fraction of sp³-hybridized carbons (Fsp3) is 0.571. The fourth-order valence-electron chi connectivity index (χ4n) is 2.11. The molecule has 5 heteroatoms. The molecular weight excluding hydrogens is 240 g/mol. The molecule has 106 valence electrons. The highest BCUT2D eigenvalue weighted by Crippen LogP contribution is 2.19. The van der Waals surface area contributed by atoms with Crippen molar-refractivity contribution < 1.29 is 4.79 Å². The van der Waals surface area contributed by atoms with Gasteiger partial charge in [-0.2, -0.15) is 0 Å². The summed E-state index contributed by atoms with van der Waals surface area (Å²) < 4.78 is 0. The van der Waals surface area contributed by atoms with E-state index in [1.165, 1.54) is 0 Å². The van der Waals surface area contributed by atoms with Gasteiger partial charge in [-0.05, 0) is 32.4 Å². The Morgan fingerprint density at radius 2 is 2.00 bits per heavy atom. The molecule has 0 unspecified atom stereocenters. The minimum atomic E-state index is 0.110. The number of rotatable bonds is 6. The Hall–Kier alpha value is -1.62. The van der Waals surface area contributed by atoms with E-state index in [1.54, 1.807) is 6.20 Å². The number of hydrogen-bond donors (Lipinski definition) is 1. The van der Waals surface area contributed by atoms with E-state index in [4.69, 9.17) is 5.73 Å². The maximum atomic E-state index is 12.1. The molecule has 0 fully saturated rings. The second-order valence-electron chi connectivity index (χ2n) is 4.56. The second kappa shape index (κ2) is 7.09. The number of pyridine rings is 1. The van der Waals surface area contributed by atoms with E-state index in [1.807, 2.05) is 43.7 Å². The Balaban J connectivity index is 2.86. The summed E-state index contributed by atoms with van der Waals surface area (Å²) in [5.41, 5.74) is 7.87.